The highest BCUT2D eigenvalue weighted by atomic mass is 16.6. The minimum absolute atomic E-state index is 0.291. The number of rotatable bonds is 3. The van der Waals surface area contributed by atoms with E-state index in [4.69, 9.17) is 10.5 Å². The van der Waals surface area contributed by atoms with E-state index in [0.717, 1.165) is 6.42 Å². The van der Waals surface area contributed by atoms with Crippen LogP contribution in [0.5, 0.6) is 0 Å². The minimum Gasteiger partial charge on any atom is -0.444 e. The first kappa shape index (κ1) is 16.7. The van der Waals surface area contributed by atoms with Gasteiger partial charge in [0.15, 0.2) is 0 Å². The fraction of sp³-hybridized carbons (Fsp3) is 0.909. The summed E-state index contributed by atoms with van der Waals surface area (Å²) in [4.78, 5) is 12.9. The molecule has 0 saturated carbocycles. The molecule has 0 heterocycles. The Kier molecular flexibility index (Phi) is 9.47. The van der Waals surface area contributed by atoms with Crippen LogP contribution in [0.1, 0.15) is 41.0 Å². The van der Waals surface area contributed by atoms with Gasteiger partial charge in [0.05, 0.1) is 0 Å². The molecule has 0 aliphatic heterocycles. The van der Waals surface area contributed by atoms with Gasteiger partial charge in [0.2, 0.25) is 0 Å². The summed E-state index contributed by atoms with van der Waals surface area (Å²) >= 11 is 0. The second-order valence-corrected chi connectivity index (χ2v) is 4.04. The number of hydrogen-bond donors (Lipinski definition) is 1. The van der Waals surface area contributed by atoms with Crippen molar-refractivity contribution in [2.75, 3.05) is 20.1 Å². The Labute approximate surface area is 93.8 Å². The maximum atomic E-state index is 11.3. The highest BCUT2D eigenvalue weighted by molar-refractivity contribution is 5.67. The van der Waals surface area contributed by atoms with Crippen molar-refractivity contribution in [2.45, 2.75) is 46.6 Å². The first-order chi connectivity index (χ1) is 6.87. The first-order valence-corrected chi connectivity index (χ1v) is 5.51. The van der Waals surface area contributed by atoms with Gasteiger partial charge in [0, 0.05) is 13.6 Å². The number of nitrogens with two attached hydrogens (primary N) is 1. The van der Waals surface area contributed by atoms with E-state index in [1.54, 1.807) is 7.05 Å². The highest BCUT2D eigenvalue weighted by Gasteiger charge is 2.18. The van der Waals surface area contributed by atoms with Crippen LogP contribution in [-0.4, -0.2) is 36.7 Å². The second-order valence-electron chi connectivity index (χ2n) is 4.04. The Balaban J connectivity index is 0. The lowest BCUT2D eigenvalue weighted by molar-refractivity contribution is 0.0298. The van der Waals surface area contributed by atoms with Crippen LogP contribution in [-0.2, 0) is 4.74 Å². The number of carbonyl (C=O) groups is 1. The summed E-state index contributed by atoms with van der Waals surface area (Å²) in [6.07, 6.45) is 0.511. The van der Waals surface area contributed by atoms with E-state index in [1.165, 1.54) is 4.90 Å². The summed E-state index contributed by atoms with van der Waals surface area (Å²) in [6, 6.07) is 0. The third kappa shape index (κ3) is 11.2. The molecule has 92 valence electrons. The van der Waals surface area contributed by atoms with Crippen molar-refractivity contribution < 1.29 is 9.53 Å². The van der Waals surface area contributed by atoms with Crippen molar-refractivity contribution in [1.82, 2.24) is 4.90 Å². The van der Waals surface area contributed by atoms with E-state index in [0.29, 0.717) is 13.1 Å². The van der Waals surface area contributed by atoms with Gasteiger partial charge in [-0.05, 0) is 33.7 Å². The molecule has 0 saturated heterocycles. The van der Waals surface area contributed by atoms with Crippen molar-refractivity contribution in [3.05, 3.63) is 0 Å². The zero-order valence-electron chi connectivity index (χ0n) is 11.0. The monoisotopic (exact) mass is 218 g/mol. The summed E-state index contributed by atoms with van der Waals surface area (Å²) in [6.45, 7) is 10.8. The fourth-order valence-corrected chi connectivity index (χ4v) is 0.760. The average molecular weight is 218 g/mol. The summed E-state index contributed by atoms with van der Waals surface area (Å²) < 4.78 is 5.14. The van der Waals surface area contributed by atoms with E-state index < -0.39 is 5.60 Å². The number of ether oxygens (including phenoxy) is 1. The first-order valence-electron chi connectivity index (χ1n) is 5.51. The quantitative estimate of drug-likeness (QED) is 0.790. The van der Waals surface area contributed by atoms with E-state index in [2.05, 4.69) is 0 Å². The van der Waals surface area contributed by atoms with Gasteiger partial charge in [-0.1, -0.05) is 13.8 Å². The molecule has 0 spiro atoms. The van der Waals surface area contributed by atoms with Crippen LogP contribution in [0.4, 0.5) is 4.79 Å². The van der Waals surface area contributed by atoms with Crippen LogP contribution in [0, 0.1) is 0 Å². The fourth-order valence-electron chi connectivity index (χ4n) is 0.760. The Bertz CT molecular complexity index is 164. The summed E-state index contributed by atoms with van der Waals surface area (Å²) in [7, 11) is 1.71. The number of hydrogen-bond acceptors (Lipinski definition) is 3. The third-order valence-electron chi connectivity index (χ3n) is 1.40. The van der Waals surface area contributed by atoms with E-state index in [9.17, 15) is 4.79 Å². The van der Waals surface area contributed by atoms with Crippen LogP contribution in [0.2, 0.25) is 0 Å². The predicted molar refractivity (Wildman–Crippen MR) is 63.9 cm³/mol. The molecule has 0 aromatic heterocycles. The highest BCUT2D eigenvalue weighted by Crippen LogP contribution is 2.08. The third-order valence-corrected chi connectivity index (χ3v) is 1.40. The molecule has 0 aliphatic carbocycles. The largest absolute Gasteiger partial charge is 0.444 e. The van der Waals surface area contributed by atoms with Crippen LogP contribution < -0.4 is 5.73 Å². The molecule has 1 amide bonds. The molecule has 15 heavy (non-hydrogen) atoms. The van der Waals surface area contributed by atoms with Gasteiger partial charge >= 0.3 is 6.09 Å². The predicted octanol–water partition coefficient (Wildman–Crippen LogP) is 2.23. The summed E-state index contributed by atoms with van der Waals surface area (Å²) in [5.74, 6) is 0. The van der Waals surface area contributed by atoms with Crippen molar-refractivity contribution in [3.63, 3.8) is 0 Å². The van der Waals surface area contributed by atoms with Crippen LogP contribution in [0.3, 0.4) is 0 Å². The Morgan fingerprint density at radius 2 is 1.80 bits per heavy atom. The molecule has 0 radical (unpaired) electrons. The molecule has 4 nitrogen and oxygen atoms in total. The molecule has 0 aromatic carbocycles. The SMILES string of the molecule is CC.CN(CCCN)C(=O)OC(C)(C)C. The zero-order chi connectivity index (χ0) is 12.5. The standard InChI is InChI=1S/C9H20N2O2.C2H6/c1-9(2,3)13-8(12)11(4)7-5-6-10;1-2/h5-7,10H2,1-4H3;1-2H3. The maximum Gasteiger partial charge on any atom is 0.410 e. The maximum absolute atomic E-state index is 11.3. The van der Waals surface area contributed by atoms with Crippen molar-refractivity contribution in [2.24, 2.45) is 5.73 Å². The molecule has 4 heteroatoms. The number of carbonyl (C=O) groups excluding carboxylic acids is 1. The normalized spacial score (nSPS) is 10.1. The van der Waals surface area contributed by atoms with Gasteiger partial charge < -0.3 is 15.4 Å². The van der Waals surface area contributed by atoms with Gasteiger partial charge in [-0.25, -0.2) is 4.79 Å². The van der Waals surface area contributed by atoms with Gasteiger partial charge in [0.1, 0.15) is 5.60 Å². The summed E-state index contributed by atoms with van der Waals surface area (Å²) in [5, 5.41) is 0. The second kappa shape index (κ2) is 8.53. The van der Waals surface area contributed by atoms with Crippen LogP contribution in [0.25, 0.3) is 0 Å². The van der Waals surface area contributed by atoms with Crippen LogP contribution in [0.15, 0.2) is 0 Å². The Morgan fingerprint density at radius 1 is 1.33 bits per heavy atom. The molecular weight excluding hydrogens is 192 g/mol. The Morgan fingerprint density at radius 3 is 2.13 bits per heavy atom. The van der Waals surface area contributed by atoms with Gasteiger partial charge in [-0.2, -0.15) is 0 Å². The summed E-state index contributed by atoms with van der Waals surface area (Å²) in [5.41, 5.74) is 4.90. The lowest BCUT2D eigenvalue weighted by atomic mass is 10.2. The molecule has 0 aromatic rings. The van der Waals surface area contributed by atoms with Crippen molar-refractivity contribution in [1.29, 1.82) is 0 Å². The van der Waals surface area contributed by atoms with Crippen molar-refractivity contribution >= 4 is 6.09 Å². The smallest absolute Gasteiger partial charge is 0.410 e. The Hall–Kier alpha value is -0.770. The van der Waals surface area contributed by atoms with Crippen molar-refractivity contribution in [3.8, 4) is 0 Å². The molecule has 0 aliphatic rings. The number of amides is 1. The molecule has 0 atom stereocenters. The molecular formula is C11H26N2O2. The topological polar surface area (TPSA) is 55.6 Å². The zero-order valence-corrected chi connectivity index (χ0v) is 11.0. The molecule has 0 rings (SSSR count). The lowest BCUT2D eigenvalue weighted by Crippen LogP contribution is -2.35. The van der Waals surface area contributed by atoms with E-state index in [-0.39, 0.29) is 6.09 Å². The average Bonchev–Trinajstić information content (AvgIpc) is 2.14. The molecule has 2 N–H and O–H groups in total. The van der Waals surface area contributed by atoms with E-state index >= 15 is 0 Å². The molecule has 0 unspecified atom stereocenters. The minimum atomic E-state index is -0.423. The lowest BCUT2D eigenvalue weighted by Gasteiger charge is -2.24. The molecule has 0 bridgehead atoms. The molecule has 0 fully saturated rings. The van der Waals surface area contributed by atoms with Gasteiger partial charge in [-0.15, -0.1) is 0 Å². The van der Waals surface area contributed by atoms with Gasteiger partial charge in [0.25, 0.3) is 0 Å². The van der Waals surface area contributed by atoms with Crippen LogP contribution >= 0.6 is 0 Å². The number of nitrogens with zero attached hydrogens (tertiary/aromatic N) is 1. The van der Waals surface area contributed by atoms with E-state index in [1.807, 2.05) is 34.6 Å². The van der Waals surface area contributed by atoms with Gasteiger partial charge in [-0.3, -0.25) is 0 Å².